The van der Waals surface area contributed by atoms with Gasteiger partial charge < -0.3 is 10.0 Å². The third-order valence-corrected chi connectivity index (χ3v) is 1.87. The van der Waals surface area contributed by atoms with Gasteiger partial charge in [-0.15, -0.1) is 0 Å². The van der Waals surface area contributed by atoms with Gasteiger partial charge in [0.25, 0.3) is 0 Å². The first-order valence-electron chi connectivity index (χ1n) is 2.78. The van der Waals surface area contributed by atoms with Crippen LogP contribution in [0.15, 0.2) is 12.3 Å². The Bertz CT molecular complexity index is 271. The molecule has 58 valence electrons. The summed E-state index contributed by atoms with van der Waals surface area (Å²) in [4.78, 5) is 3.31. The number of hydrogen-bond donors (Lipinski definition) is 2. The fraction of sp³-hybridized carbons (Fsp3) is 0. The Morgan fingerprint density at radius 1 is 1.55 bits per heavy atom. The standard InChI is InChI=1S/C5H4BFINO2/c7-5-4(8)1-3(2-9-5)6(10)11/h1-2,10-11H. The lowest BCUT2D eigenvalue weighted by molar-refractivity contribution is 0.425. The minimum atomic E-state index is -1.59. The Labute approximate surface area is 76.6 Å². The van der Waals surface area contributed by atoms with Gasteiger partial charge in [-0.3, -0.25) is 0 Å². The van der Waals surface area contributed by atoms with Gasteiger partial charge in [-0.2, -0.15) is 4.39 Å². The summed E-state index contributed by atoms with van der Waals surface area (Å²) in [6.07, 6.45) is 1.09. The van der Waals surface area contributed by atoms with Crippen LogP contribution in [0.3, 0.4) is 0 Å². The molecular formula is C5H4BFINO2. The molecule has 0 aromatic carbocycles. The smallest absolute Gasteiger partial charge is 0.423 e. The Kier molecular flexibility index (Phi) is 2.80. The quantitative estimate of drug-likeness (QED) is 0.410. The van der Waals surface area contributed by atoms with Gasteiger partial charge in [-0.25, -0.2) is 4.98 Å². The molecule has 11 heavy (non-hydrogen) atoms. The van der Waals surface area contributed by atoms with E-state index in [9.17, 15) is 4.39 Å². The van der Waals surface area contributed by atoms with Crippen molar-refractivity contribution in [3.8, 4) is 0 Å². The molecule has 0 aliphatic carbocycles. The van der Waals surface area contributed by atoms with E-state index in [0.717, 1.165) is 6.20 Å². The monoisotopic (exact) mass is 267 g/mol. The third kappa shape index (κ3) is 2.11. The van der Waals surface area contributed by atoms with E-state index in [1.807, 2.05) is 0 Å². The zero-order valence-electron chi connectivity index (χ0n) is 5.33. The molecule has 2 N–H and O–H groups in total. The van der Waals surface area contributed by atoms with Crippen LogP contribution >= 0.6 is 22.6 Å². The summed E-state index contributed by atoms with van der Waals surface area (Å²) in [5, 5.41) is 17.3. The Balaban J connectivity index is 3.05. The molecule has 1 aromatic heterocycles. The Morgan fingerprint density at radius 2 is 2.18 bits per heavy atom. The van der Waals surface area contributed by atoms with E-state index in [1.54, 1.807) is 22.6 Å². The fourth-order valence-electron chi connectivity index (χ4n) is 0.577. The summed E-state index contributed by atoms with van der Waals surface area (Å²) in [7, 11) is -1.59. The van der Waals surface area contributed by atoms with E-state index in [2.05, 4.69) is 4.98 Å². The Hall–Kier alpha value is -0.205. The van der Waals surface area contributed by atoms with Gasteiger partial charge in [-0.1, -0.05) is 0 Å². The summed E-state index contributed by atoms with van der Waals surface area (Å²) in [6, 6.07) is 1.33. The van der Waals surface area contributed by atoms with Crippen LogP contribution in [0, 0.1) is 9.52 Å². The maximum atomic E-state index is 12.5. The average molecular weight is 267 g/mol. The van der Waals surface area contributed by atoms with Crippen molar-refractivity contribution < 1.29 is 14.4 Å². The maximum absolute atomic E-state index is 12.5. The third-order valence-electron chi connectivity index (χ3n) is 1.12. The maximum Gasteiger partial charge on any atom is 0.490 e. The van der Waals surface area contributed by atoms with Crippen molar-refractivity contribution >= 4 is 35.2 Å². The number of halogens is 2. The minimum Gasteiger partial charge on any atom is -0.423 e. The number of pyridine rings is 1. The van der Waals surface area contributed by atoms with Crippen LogP contribution in [0.5, 0.6) is 0 Å². The first kappa shape index (κ1) is 8.89. The van der Waals surface area contributed by atoms with Gasteiger partial charge in [0.1, 0.15) is 0 Å². The van der Waals surface area contributed by atoms with Gasteiger partial charge in [-0.05, 0) is 28.7 Å². The van der Waals surface area contributed by atoms with E-state index in [4.69, 9.17) is 10.0 Å². The zero-order chi connectivity index (χ0) is 8.43. The molecule has 0 amide bonds. The summed E-state index contributed by atoms with van der Waals surface area (Å²) in [5.74, 6) is -0.602. The first-order valence-corrected chi connectivity index (χ1v) is 3.86. The zero-order valence-corrected chi connectivity index (χ0v) is 7.49. The highest BCUT2D eigenvalue weighted by molar-refractivity contribution is 14.1. The lowest BCUT2D eigenvalue weighted by atomic mass is 9.82. The molecule has 0 atom stereocenters. The summed E-state index contributed by atoms with van der Waals surface area (Å²) in [5.41, 5.74) is 0.191. The summed E-state index contributed by atoms with van der Waals surface area (Å²) in [6.45, 7) is 0. The van der Waals surface area contributed by atoms with Crippen molar-refractivity contribution in [3.63, 3.8) is 0 Å². The van der Waals surface area contributed by atoms with Gasteiger partial charge in [0.05, 0.1) is 3.57 Å². The molecule has 0 aliphatic heterocycles. The topological polar surface area (TPSA) is 53.4 Å². The first-order chi connectivity index (χ1) is 5.11. The molecule has 0 spiro atoms. The van der Waals surface area contributed by atoms with Crippen LogP contribution in [0.25, 0.3) is 0 Å². The SMILES string of the molecule is OB(O)c1cnc(F)c(I)c1. The molecular weight excluding hydrogens is 263 g/mol. The van der Waals surface area contributed by atoms with E-state index >= 15 is 0 Å². The van der Waals surface area contributed by atoms with Gasteiger partial charge >= 0.3 is 7.12 Å². The van der Waals surface area contributed by atoms with E-state index < -0.39 is 13.1 Å². The molecule has 0 fully saturated rings. The summed E-state index contributed by atoms with van der Waals surface area (Å²) < 4.78 is 12.8. The van der Waals surface area contributed by atoms with Crippen molar-refractivity contribution in [2.24, 2.45) is 0 Å². The lowest BCUT2D eigenvalue weighted by Gasteiger charge is -1.98. The molecule has 0 saturated heterocycles. The van der Waals surface area contributed by atoms with E-state index in [-0.39, 0.29) is 9.03 Å². The van der Waals surface area contributed by atoms with Crippen molar-refractivity contribution in [3.05, 3.63) is 21.8 Å². The van der Waals surface area contributed by atoms with Crippen LogP contribution in [0.1, 0.15) is 0 Å². The fourth-order valence-corrected chi connectivity index (χ4v) is 1.08. The molecule has 1 rings (SSSR count). The van der Waals surface area contributed by atoms with Crippen molar-refractivity contribution in [1.82, 2.24) is 4.98 Å². The van der Waals surface area contributed by atoms with Crippen LogP contribution in [-0.4, -0.2) is 22.2 Å². The molecule has 0 saturated carbocycles. The number of rotatable bonds is 1. The highest BCUT2D eigenvalue weighted by Gasteiger charge is 2.12. The molecule has 6 heteroatoms. The van der Waals surface area contributed by atoms with Gasteiger partial charge in [0.2, 0.25) is 5.95 Å². The molecule has 1 heterocycles. The molecule has 0 aliphatic rings. The van der Waals surface area contributed by atoms with Crippen LogP contribution in [0.4, 0.5) is 4.39 Å². The average Bonchev–Trinajstić information content (AvgIpc) is 1.94. The van der Waals surface area contributed by atoms with E-state index in [1.165, 1.54) is 6.07 Å². The van der Waals surface area contributed by atoms with Gasteiger partial charge in [0, 0.05) is 11.7 Å². The Morgan fingerprint density at radius 3 is 2.64 bits per heavy atom. The highest BCUT2D eigenvalue weighted by Crippen LogP contribution is 2.04. The molecule has 0 bridgehead atoms. The van der Waals surface area contributed by atoms with Crippen LogP contribution in [0.2, 0.25) is 0 Å². The van der Waals surface area contributed by atoms with Crippen molar-refractivity contribution in [2.45, 2.75) is 0 Å². The van der Waals surface area contributed by atoms with Crippen LogP contribution < -0.4 is 5.46 Å². The number of nitrogens with zero attached hydrogens (tertiary/aromatic N) is 1. The van der Waals surface area contributed by atoms with E-state index in [0.29, 0.717) is 0 Å². The molecule has 0 radical (unpaired) electrons. The predicted molar refractivity (Wildman–Crippen MR) is 46.7 cm³/mol. The van der Waals surface area contributed by atoms with Crippen molar-refractivity contribution in [1.29, 1.82) is 0 Å². The molecule has 3 nitrogen and oxygen atoms in total. The lowest BCUT2D eigenvalue weighted by Crippen LogP contribution is -2.30. The second-order valence-corrected chi connectivity index (χ2v) is 3.08. The summed E-state index contributed by atoms with van der Waals surface area (Å²) >= 11 is 1.72. The number of hydrogen-bond acceptors (Lipinski definition) is 3. The second kappa shape index (κ2) is 3.46. The minimum absolute atomic E-state index is 0.191. The predicted octanol–water partition coefficient (Wildman–Crippen LogP) is -0.495. The highest BCUT2D eigenvalue weighted by atomic mass is 127. The van der Waals surface area contributed by atoms with Crippen LogP contribution in [-0.2, 0) is 0 Å². The molecule has 1 aromatic rings. The van der Waals surface area contributed by atoms with Gasteiger partial charge in [0.15, 0.2) is 0 Å². The molecule has 0 unspecified atom stereocenters. The normalized spacial score (nSPS) is 9.82. The number of aromatic nitrogens is 1. The largest absolute Gasteiger partial charge is 0.490 e. The van der Waals surface area contributed by atoms with Crippen molar-refractivity contribution in [2.75, 3.05) is 0 Å². The second-order valence-electron chi connectivity index (χ2n) is 1.91.